The second-order valence-electron chi connectivity index (χ2n) is 6.60. The molecule has 0 rings (SSSR count). The Morgan fingerprint density at radius 1 is 0.783 bits per heavy atom. The van der Waals surface area contributed by atoms with Gasteiger partial charge in [-0.1, -0.05) is 78.1 Å². The molecule has 0 aliphatic heterocycles. The first-order valence-corrected chi connectivity index (χ1v) is 9.88. The van der Waals surface area contributed by atoms with E-state index in [0.717, 1.165) is 12.8 Å². The minimum Gasteiger partial charge on any atom is -0.466 e. The van der Waals surface area contributed by atoms with Gasteiger partial charge in [-0.05, 0) is 26.7 Å². The number of unbranched alkanes of at least 4 members (excludes halogenated alkanes) is 10. The molecular weight excluding hydrogens is 288 g/mol. The average molecular weight is 331 g/mol. The largest absolute Gasteiger partial charge is 0.466 e. The maximum Gasteiger partial charge on any atom is 0.305 e. The number of hydrogen-bond acceptors (Lipinski definition) is 3. The Labute approximate surface area is 145 Å². The number of rotatable bonds is 14. The van der Waals surface area contributed by atoms with E-state index in [4.69, 9.17) is 9.84 Å². The minimum atomic E-state index is -0.167. The molecular formula is C20H42O3. The molecule has 140 valence electrons. The van der Waals surface area contributed by atoms with Gasteiger partial charge in [-0.25, -0.2) is 0 Å². The fraction of sp³-hybridized carbons (Fsp3) is 0.950. The van der Waals surface area contributed by atoms with Crippen molar-refractivity contribution in [2.75, 3.05) is 6.61 Å². The molecule has 0 aromatic carbocycles. The molecule has 0 heterocycles. The van der Waals surface area contributed by atoms with Crippen LogP contribution < -0.4 is 0 Å². The van der Waals surface area contributed by atoms with Crippen LogP contribution in [0.15, 0.2) is 0 Å². The van der Waals surface area contributed by atoms with Crippen LogP contribution >= 0.6 is 0 Å². The summed E-state index contributed by atoms with van der Waals surface area (Å²) in [6, 6.07) is 0. The van der Waals surface area contributed by atoms with Gasteiger partial charge in [0.25, 0.3) is 0 Å². The fourth-order valence-corrected chi connectivity index (χ4v) is 2.22. The Kier molecular flexibility index (Phi) is 23.0. The smallest absolute Gasteiger partial charge is 0.305 e. The first kappa shape index (κ1) is 24.7. The minimum absolute atomic E-state index is 0.0159. The van der Waals surface area contributed by atoms with Crippen molar-refractivity contribution in [2.45, 2.75) is 117 Å². The molecule has 0 radical (unpaired) electrons. The zero-order chi connectivity index (χ0) is 17.8. The first-order chi connectivity index (χ1) is 11.0. The molecule has 0 aliphatic rings. The van der Waals surface area contributed by atoms with Gasteiger partial charge in [0, 0.05) is 12.5 Å². The van der Waals surface area contributed by atoms with E-state index >= 15 is 0 Å². The maximum atomic E-state index is 11.2. The quantitative estimate of drug-likeness (QED) is 0.312. The lowest BCUT2D eigenvalue weighted by atomic mass is 10.1. The molecule has 0 bridgehead atoms. The number of carbonyl (C=O) groups is 1. The van der Waals surface area contributed by atoms with Gasteiger partial charge in [-0.3, -0.25) is 4.79 Å². The van der Waals surface area contributed by atoms with E-state index in [1.807, 2.05) is 6.92 Å². The highest BCUT2D eigenvalue weighted by atomic mass is 16.5. The summed E-state index contributed by atoms with van der Waals surface area (Å²) in [6.07, 6.45) is 15.9. The lowest BCUT2D eigenvalue weighted by Crippen LogP contribution is -2.04. The Bertz CT molecular complexity index is 224. The van der Waals surface area contributed by atoms with Crippen molar-refractivity contribution in [3.8, 4) is 0 Å². The van der Waals surface area contributed by atoms with Crippen molar-refractivity contribution >= 4 is 5.97 Å². The zero-order valence-corrected chi connectivity index (χ0v) is 16.2. The normalized spacial score (nSPS) is 10.3. The average Bonchev–Trinajstić information content (AvgIpc) is 2.50. The monoisotopic (exact) mass is 330 g/mol. The SMILES string of the molecule is CC(C)O.CCCCCCCCCCCCCC(=O)OCCC. The first-order valence-electron chi connectivity index (χ1n) is 9.88. The summed E-state index contributed by atoms with van der Waals surface area (Å²) in [5, 5.41) is 8.06. The molecule has 0 aromatic heterocycles. The topological polar surface area (TPSA) is 46.5 Å². The van der Waals surface area contributed by atoms with Gasteiger partial charge >= 0.3 is 5.97 Å². The molecule has 0 amide bonds. The lowest BCUT2D eigenvalue weighted by molar-refractivity contribution is -0.143. The summed E-state index contributed by atoms with van der Waals surface area (Å²) in [4.78, 5) is 11.2. The van der Waals surface area contributed by atoms with E-state index in [-0.39, 0.29) is 12.1 Å². The van der Waals surface area contributed by atoms with E-state index in [9.17, 15) is 4.79 Å². The maximum absolute atomic E-state index is 11.2. The molecule has 0 unspecified atom stereocenters. The van der Waals surface area contributed by atoms with Crippen LogP contribution in [0.25, 0.3) is 0 Å². The van der Waals surface area contributed by atoms with Crippen LogP contribution in [0.5, 0.6) is 0 Å². The number of hydrogen-bond donors (Lipinski definition) is 1. The molecule has 3 nitrogen and oxygen atoms in total. The van der Waals surface area contributed by atoms with Crippen molar-refractivity contribution in [1.29, 1.82) is 0 Å². The number of aliphatic hydroxyl groups is 1. The van der Waals surface area contributed by atoms with Gasteiger partial charge in [0.05, 0.1) is 6.61 Å². The number of carbonyl (C=O) groups excluding carboxylic acids is 1. The Morgan fingerprint density at radius 2 is 1.17 bits per heavy atom. The summed E-state index contributed by atoms with van der Waals surface area (Å²) < 4.78 is 5.04. The van der Waals surface area contributed by atoms with Crippen molar-refractivity contribution < 1.29 is 14.6 Å². The van der Waals surface area contributed by atoms with Crippen LogP contribution in [-0.4, -0.2) is 23.8 Å². The van der Waals surface area contributed by atoms with Crippen LogP contribution in [0, 0.1) is 0 Å². The summed E-state index contributed by atoms with van der Waals surface area (Å²) in [7, 11) is 0. The van der Waals surface area contributed by atoms with E-state index in [2.05, 4.69) is 6.92 Å². The summed E-state index contributed by atoms with van der Waals surface area (Å²) in [5.74, 6) is -0.0159. The molecule has 23 heavy (non-hydrogen) atoms. The molecule has 0 saturated heterocycles. The lowest BCUT2D eigenvalue weighted by Gasteiger charge is -2.03. The van der Waals surface area contributed by atoms with Crippen LogP contribution in [0.3, 0.4) is 0 Å². The van der Waals surface area contributed by atoms with Crippen molar-refractivity contribution in [3.63, 3.8) is 0 Å². The van der Waals surface area contributed by atoms with E-state index in [0.29, 0.717) is 13.0 Å². The second kappa shape index (κ2) is 21.4. The standard InChI is InChI=1S/C17H34O2.C3H8O/c1-3-5-6-7-8-9-10-11-12-13-14-15-17(18)19-16-4-2;1-3(2)4/h3-16H2,1-2H3;3-4H,1-2H3. The fourth-order valence-electron chi connectivity index (χ4n) is 2.22. The molecule has 0 atom stereocenters. The van der Waals surface area contributed by atoms with Gasteiger partial charge in [-0.15, -0.1) is 0 Å². The van der Waals surface area contributed by atoms with E-state index in [1.165, 1.54) is 64.2 Å². The van der Waals surface area contributed by atoms with Crippen LogP contribution in [0.1, 0.15) is 111 Å². The predicted octanol–water partition coefficient (Wildman–Crippen LogP) is 6.03. The molecule has 3 heteroatoms. The third kappa shape index (κ3) is 30.0. The molecule has 0 aromatic rings. The third-order valence-electron chi connectivity index (χ3n) is 3.45. The van der Waals surface area contributed by atoms with Crippen molar-refractivity contribution in [3.05, 3.63) is 0 Å². The highest BCUT2D eigenvalue weighted by molar-refractivity contribution is 5.69. The summed E-state index contributed by atoms with van der Waals surface area (Å²) >= 11 is 0. The molecule has 0 saturated carbocycles. The molecule has 0 spiro atoms. The van der Waals surface area contributed by atoms with Gasteiger partial charge in [0.15, 0.2) is 0 Å². The Morgan fingerprint density at radius 3 is 1.57 bits per heavy atom. The number of aliphatic hydroxyl groups excluding tert-OH is 1. The highest BCUT2D eigenvalue weighted by Gasteiger charge is 2.01. The number of ether oxygens (including phenoxy) is 1. The summed E-state index contributed by atoms with van der Waals surface area (Å²) in [6.45, 7) is 8.31. The molecule has 0 fully saturated rings. The van der Waals surface area contributed by atoms with Crippen LogP contribution in [0.4, 0.5) is 0 Å². The predicted molar refractivity (Wildman–Crippen MR) is 99.7 cm³/mol. The highest BCUT2D eigenvalue weighted by Crippen LogP contribution is 2.12. The zero-order valence-electron chi connectivity index (χ0n) is 16.2. The van der Waals surface area contributed by atoms with E-state index < -0.39 is 0 Å². The van der Waals surface area contributed by atoms with Gasteiger partial charge < -0.3 is 9.84 Å². The van der Waals surface area contributed by atoms with Crippen molar-refractivity contribution in [1.82, 2.24) is 0 Å². The van der Waals surface area contributed by atoms with Gasteiger partial charge in [-0.2, -0.15) is 0 Å². The van der Waals surface area contributed by atoms with Crippen LogP contribution in [0.2, 0.25) is 0 Å². The Hall–Kier alpha value is -0.570. The molecule has 0 aliphatic carbocycles. The van der Waals surface area contributed by atoms with E-state index in [1.54, 1.807) is 13.8 Å². The second-order valence-corrected chi connectivity index (χ2v) is 6.60. The molecule has 1 N–H and O–H groups in total. The van der Waals surface area contributed by atoms with Crippen LogP contribution in [-0.2, 0) is 9.53 Å². The number of esters is 1. The van der Waals surface area contributed by atoms with Gasteiger partial charge in [0.2, 0.25) is 0 Å². The van der Waals surface area contributed by atoms with Gasteiger partial charge in [0.1, 0.15) is 0 Å². The summed E-state index contributed by atoms with van der Waals surface area (Å²) in [5.41, 5.74) is 0. The van der Waals surface area contributed by atoms with Crippen molar-refractivity contribution in [2.24, 2.45) is 0 Å². The third-order valence-corrected chi connectivity index (χ3v) is 3.45. The Balaban J connectivity index is 0.